The van der Waals surface area contributed by atoms with Gasteiger partial charge in [0.1, 0.15) is 11.9 Å². The van der Waals surface area contributed by atoms with E-state index in [1.54, 1.807) is 7.11 Å². The molecule has 1 fully saturated rings. The lowest BCUT2D eigenvalue weighted by atomic mass is 9.78. The lowest BCUT2D eigenvalue weighted by Crippen LogP contribution is -2.68. The van der Waals surface area contributed by atoms with Gasteiger partial charge < -0.3 is 15.4 Å². The summed E-state index contributed by atoms with van der Waals surface area (Å²) in [4.78, 5) is 0. The second-order valence-corrected chi connectivity index (χ2v) is 7.17. The first-order valence-electron chi connectivity index (χ1n) is 7.53. The summed E-state index contributed by atoms with van der Waals surface area (Å²) in [5.74, 6) is 0.839. The van der Waals surface area contributed by atoms with E-state index in [1.807, 2.05) is 38.1 Å². The van der Waals surface area contributed by atoms with Crippen LogP contribution >= 0.6 is 0 Å². The van der Waals surface area contributed by atoms with E-state index in [4.69, 9.17) is 4.74 Å². The van der Waals surface area contributed by atoms with Crippen LogP contribution < -0.4 is 15.4 Å². The van der Waals surface area contributed by atoms with Gasteiger partial charge in [0.25, 0.3) is 0 Å². The van der Waals surface area contributed by atoms with Crippen molar-refractivity contribution in [3.8, 4) is 5.75 Å². The molecule has 4 heteroatoms. The normalized spacial score (nSPS) is 27.3. The first-order valence-corrected chi connectivity index (χ1v) is 7.53. The third kappa shape index (κ3) is 3.95. The average Bonchev–Trinajstić information content (AvgIpc) is 2.40. The zero-order valence-corrected chi connectivity index (χ0v) is 13.7. The van der Waals surface area contributed by atoms with E-state index in [-0.39, 0.29) is 11.6 Å². The molecule has 21 heavy (non-hydrogen) atoms. The molecule has 118 valence electrons. The lowest BCUT2D eigenvalue weighted by molar-refractivity contribution is 0.0436. The molecule has 0 bridgehead atoms. The minimum Gasteiger partial charge on any atom is -0.497 e. The number of alkyl halides is 1. The van der Waals surface area contributed by atoms with Crippen molar-refractivity contribution < 1.29 is 9.13 Å². The third-order valence-corrected chi connectivity index (χ3v) is 4.16. The number of rotatable bonds is 4. The number of halogens is 1. The molecule has 1 aromatic carbocycles. The second-order valence-electron chi connectivity index (χ2n) is 7.17. The molecule has 2 N–H and O–H groups in total. The Bertz CT molecular complexity index is 470. The Labute approximate surface area is 127 Å². The van der Waals surface area contributed by atoms with Crippen molar-refractivity contribution in [3.05, 3.63) is 29.8 Å². The highest BCUT2D eigenvalue weighted by Gasteiger charge is 2.45. The largest absolute Gasteiger partial charge is 0.497 e. The van der Waals surface area contributed by atoms with Crippen LogP contribution in [0.1, 0.15) is 39.7 Å². The van der Waals surface area contributed by atoms with E-state index in [2.05, 4.69) is 24.5 Å². The van der Waals surface area contributed by atoms with Crippen LogP contribution in [-0.4, -0.2) is 30.4 Å². The molecular weight excluding hydrogens is 267 g/mol. The molecule has 0 saturated carbocycles. The molecule has 2 rings (SSSR count). The Balaban J connectivity index is 2.00. The monoisotopic (exact) mass is 294 g/mol. The molecule has 0 aromatic heterocycles. The first-order chi connectivity index (χ1) is 9.73. The van der Waals surface area contributed by atoms with Crippen molar-refractivity contribution in [1.82, 2.24) is 10.6 Å². The Morgan fingerprint density at radius 1 is 1.24 bits per heavy atom. The van der Waals surface area contributed by atoms with Crippen molar-refractivity contribution in [2.24, 2.45) is 0 Å². The summed E-state index contributed by atoms with van der Waals surface area (Å²) in [5, 5.41) is 6.77. The summed E-state index contributed by atoms with van der Waals surface area (Å²) < 4.78 is 19.8. The van der Waals surface area contributed by atoms with Gasteiger partial charge in [0, 0.05) is 23.7 Å². The highest BCUT2D eigenvalue weighted by atomic mass is 19.1. The fourth-order valence-electron chi connectivity index (χ4n) is 3.32. The summed E-state index contributed by atoms with van der Waals surface area (Å²) in [5.41, 5.74) is 0.556. The Morgan fingerprint density at radius 2 is 1.86 bits per heavy atom. The smallest absolute Gasteiger partial charge is 0.133 e. The SMILES string of the molecule is COc1ccc(CN[C@H]2CC(C)(C)NC(C)(C)[C@H]2F)cc1. The molecule has 1 saturated heterocycles. The molecule has 2 atom stereocenters. The topological polar surface area (TPSA) is 33.3 Å². The number of ether oxygens (including phenoxy) is 1. The maximum atomic E-state index is 14.6. The molecular formula is C17H27FN2O. The summed E-state index contributed by atoms with van der Waals surface area (Å²) >= 11 is 0. The molecule has 0 amide bonds. The minimum atomic E-state index is -0.913. The number of benzene rings is 1. The van der Waals surface area contributed by atoms with E-state index in [1.165, 1.54) is 0 Å². The van der Waals surface area contributed by atoms with Gasteiger partial charge in [0.05, 0.1) is 7.11 Å². The number of hydrogen-bond acceptors (Lipinski definition) is 3. The highest BCUT2D eigenvalue weighted by Crippen LogP contribution is 2.31. The van der Waals surface area contributed by atoms with Crippen molar-refractivity contribution in [3.63, 3.8) is 0 Å². The summed E-state index contributed by atoms with van der Waals surface area (Å²) in [7, 11) is 1.65. The maximum Gasteiger partial charge on any atom is 0.133 e. The van der Waals surface area contributed by atoms with Crippen LogP contribution in [0.4, 0.5) is 4.39 Å². The number of hydrogen-bond donors (Lipinski definition) is 2. The van der Waals surface area contributed by atoms with E-state index in [0.29, 0.717) is 6.54 Å². The van der Waals surface area contributed by atoms with Crippen LogP contribution in [0, 0.1) is 0 Å². The van der Waals surface area contributed by atoms with Gasteiger partial charge in [0.2, 0.25) is 0 Å². The number of piperidine rings is 1. The molecule has 1 heterocycles. The van der Waals surface area contributed by atoms with E-state index in [0.717, 1.165) is 17.7 Å². The van der Waals surface area contributed by atoms with E-state index >= 15 is 0 Å². The van der Waals surface area contributed by atoms with Crippen molar-refractivity contribution in [2.75, 3.05) is 7.11 Å². The average molecular weight is 294 g/mol. The zero-order valence-electron chi connectivity index (χ0n) is 13.7. The molecule has 0 unspecified atom stereocenters. The van der Waals surface area contributed by atoms with Gasteiger partial charge in [0.15, 0.2) is 0 Å². The van der Waals surface area contributed by atoms with Crippen LogP contribution in [0.2, 0.25) is 0 Å². The predicted molar refractivity (Wildman–Crippen MR) is 84.4 cm³/mol. The van der Waals surface area contributed by atoms with Crippen LogP contribution in [-0.2, 0) is 6.54 Å². The summed E-state index contributed by atoms with van der Waals surface area (Å²) in [6.07, 6.45) is -0.142. The summed E-state index contributed by atoms with van der Waals surface area (Å²) in [6.45, 7) is 8.79. The van der Waals surface area contributed by atoms with Gasteiger partial charge in [-0.25, -0.2) is 4.39 Å². The fourth-order valence-corrected chi connectivity index (χ4v) is 3.32. The summed E-state index contributed by atoms with van der Waals surface area (Å²) in [6, 6.07) is 7.74. The molecule has 0 aliphatic carbocycles. The van der Waals surface area contributed by atoms with E-state index < -0.39 is 11.7 Å². The molecule has 0 spiro atoms. The lowest BCUT2D eigenvalue weighted by Gasteiger charge is -2.49. The second kappa shape index (κ2) is 5.93. The Hall–Kier alpha value is -1.13. The van der Waals surface area contributed by atoms with Crippen LogP contribution in [0.5, 0.6) is 5.75 Å². The van der Waals surface area contributed by atoms with Gasteiger partial charge in [-0.05, 0) is 51.8 Å². The zero-order chi connectivity index (χ0) is 15.7. The Morgan fingerprint density at radius 3 is 2.43 bits per heavy atom. The van der Waals surface area contributed by atoms with Crippen LogP contribution in [0.3, 0.4) is 0 Å². The standard InChI is InChI=1S/C17H27FN2O/c1-16(2)10-14(15(18)17(3,4)20-16)19-11-12-6-8-13(21-5)9-7-12/h6-9,14-15,19-20H,10-11H2,1-5H3/t14-,15-/m0/s1. The number of methoxy groups -OCH3 is 1. The quantitative estimate of drug-likeness (QED) is 0.895. The number of nitrogens with one attached hydrogen (secondary N) is 2. The molecule has 1 aliphatic heterocycles. The van der Waals surface area contributed by atoms with Crippen LogP contribution in [0.15, 0.2) is 24.3 Å². The van der Waals surface area contributed by atoms with Gasteiger partial charge >= 0.3 is 0 Å². The fraction of sp³-hybridized carbons (Fsp3) is 0.647. The van der Waals surface area contributed by atoms with Gasteiger partial charge in [-0.3, -0.25) is 0 Å². The van der Waals surface area contributed by atoms with Crippen molar-refractivity contribution >= 4 is 0 Å². The van der Waals surface area contributed by atoms with Crippen molar-refractivity contribution in [1.29, 1.82) is 0 Å². The van der Waals surface area contributed by atoms with Gasteiger partial charge in [-0.1, -0.05) is 12.1 Å². The highest BCUT2D eigenvalue weighted by molar-refractivity contribution is 5.27. The van der Waals surface area contributed by atoms with Gasteiger partial charge in [-0.15, -0.1) is 0 Å². The minimum absolute atomic E-state index is 0.0658. The third-order valence-electron chi connectivity index (χ3n) is 4.16. The molecule has 3 nitrogen and oxygen atoms in total. The first kappa shape index (κ1) is 16.2. The molecule has 0 radical (unpaired) electrons. The Kier molecular flexibility index (Phi) is 4.59. The maximum absolute atomic E-state index is 14.6. The molecule has 1 aromatic rings. The van der Waals surface area contributed by atoms with Crippen molar-refractivity contribution in [2.45, 2.75) is 64.0 Å². The van der Waals surface area contributed by atoms with Gasteiger partial charge in [-0.2, -0.15) is 0 Å². The van der Waals surface area contributed by atoms with E-state index in [9.17, 15) is 4.39 Å². The molecule has 1 aliphatic rings. The predicted octanol–water partition coefficient (Wildman–Crippen LogP) is 3.04. The van der Waals surface area contributed by atoms with Crippen LogP contribution in [0.25, 0.3) is 0 Å².